The maximum atomic E-state index is 10.7. The molecular weight excluding hydrogens is 339 g/mol. The van der Waals surface area contributed by atoms with Gasteiger partial charge in [0.15, 0.2) is 0 Å². The van der Waals surface area contributed by atoms with E-state index in [0.29, 0.717) is 13.0 Å². The predicted molar refractivity (Wildman–Crippen MR) is 68.5 cm³/mol. The lowest BCUT2D eigenvalue weighted by Gasteiger charge is -2.19. The highest BCUT2D eigenvalue weighted by atomic mass is 32.2. The first kappa shape index (κ1) is 19.9. The van der Waals surface area contributed by atoms with Crippen molar-refractivity contribution >= 4 is 20.2 Å². The minimum atomic E-state index is -5.84. The Morgan fingerprint density at radius 3 is 1.95 bits per heavy atom. The largest absolute Gasteiger partial charge is 0.522 e. The van der Waals surface area contributed by atoms with Crippen LogP contribution >= 0.6 is 0 Å². The van der Waals surface area contributed by atoms with Crippen molar-refractivity contribution in [1.82, 2.24) is 4.90 Å². The van der Waals surface area contributed by atoms with Crippen LogP contribution in [0.25, 0.3) is 0 Å². The molecule has 0 radical (unpaired) electrons. The zero-order valence-electron chi connectivity index (χ0n) is 10.6. The fourth-order valence-corrected chi connectivity index (χ4v) is 1.62. The molecular formula is C9H14F3NO6S2. The summed E-state index contributed by atoms with van der Waals surface area (Å²) in [5.74, 6) is -0.166. The minimum absolute atomic E-state index is 0.166. The van der Waals surface area contributed by atoms with E-state index >= 15 is 0 Å². The van der Waals surface area contributed by atoms with Crippen LogP contribution in [-0.2, 0) is 20.2 Å². The second-order valence-corrected chi connectivity index (χ2v) is 6.81. The van der Waals surface area contributed by atoms with Crippen LogP contribution in [0.15, 0.2) is 24.4 Å². The first-order valence-corrected chi connectivity index (χ1v) is 8.44. The van der Waals surface area contributed by atoms with Crippen LogP contribution in [0, 0.1) is 0 Å². The van der Waals surface area contributed by atoms with E-state index < -0.39 is 25.7 Å². The monoisotopic (exact) mass is 353 g/mol. The second-order valence-electron chi connectivity index (χ2n) is 3.83. The van der Waals surface area contributed by atoms with E-state index in [1.54, 1.807) is 0 Å². The van der Waals surface area contributed by atoms with E-state index in [4.69, 9.17) is 17.5 Å². The first-order chi connectivity index (χ1) is 9.33. The van der Waals surface area contributed by atoms with E-state index in [9.17, 15) is 21.6 Å². The Hall–Kier alpha value is -1.11. The van der Waals surface area contributed by atoms with Gasteiger partial charge in [-0.3, -0.25) is 9.11 Å². The second kappa shape index (κ2) is 7.77. The topological polar surface area (TPSA) is 112 Å². The number of alkyl halides is 3. The molecule has 0 bridgehead atoms. The summed E-state index contributed by atoms with van der Waals surface area (Å²) < 4.78 is 86.8. The van der Waals surface area contributed by atoms with Crippen LogP contribution in [-0.4, -0.2) is 55.2 Å². The zero-order chi connectivity index (χ0) is 16.7. The van der Waals surface area contributed by atoms with Crippen LogP contribution in [0.4, 0.5) is 13.2 Å². The molecule has 0 amide bonds. The highest BCUT2D eigenvalue weighted by Gasteiger charge is 2.44. The van der Waals surface area contributed by atoms with Crippen molar-refractivity contribution in [3.05, 3.63) is 24.4 Å². The van der Waals surface area contributed by atoms with Gasteiger partial charge < -0.3 is 4.90 Å². The minimum Gasteiger partial charge on any atom is -0.374 e. The molecule has 0 atom stereocenters. The van der Waals surface area contributed by atoms with Crippen LogP contribution in [0.5, 0.6) is 0 Å². The van der Waals surface area contributed by atoms with E-state index in [1.165, 1.54) is 0 Å². The maximum Gasteiger partial charge on any atom is 0.522 e. The Morgan fingerprint density at radius 1 is 1.10 bits per heavy atom. The van der Waals surface area contributed by atoms with E-state index in [0.717, 1.165) is 6.54 Å². The average Bonchev–Trinajstić information content (AvgIpc) is 2.26. The van der Waals surface area contributed by atoms with E-state index in [-0.39, 0.29) is 5.75 Å². The molecule has 124 valence electrons. The third-order valence-corrected chi connectivity index (χ3v) is 3.41. The summed E-state index contributed by atoms with van der Waals surface area (Å²) in [5.41, 5.74) is -5.53. The molecule has 0 aromatic carbocycles. The molecule has 12 heteroatoms. The lowest BCUT2D eigenvalue weighted by atomic mass is 10.3. The highest BCUT2D eigenvalue weighted by molar-refractivity contribution is 7.86. The molecule has 1 heterocycles. The molecule has 1 aliphatic heterocycles. The first-order valence-electron chi connectivity index (χ1n) is 5.39. The smallest absolute Gasteiger partial charge is 0.374 e. The number of nitrogens with zero attached hydrogens (tertiary/aromatic N) is 1. The van der Waals surface area contributed by atoms with E-state index in [2.05, 4.69) is 0 Å². The van der Waals surface area contributed by atoms with Crippen molar-refractivity contribution in [1.29, 1.82) is 0 Å². The fourth-order valence-electron chi connectivity index (χ4n) is 1.12. The van der Waals surface area contributed by atoms with Crippen molar-refractivity contribution in [2.24, 2.45) is 0 Å². The number of allylic oxidation sites excluding steroid dienone is 2. The lowest BCUT2D eigenvalue weighted by Crippen LogP contribution is -2.22. The molecule has 0 saturated carbocycles. The Labute approximate surface area is 120 Å². The molecule has 0 aromatic rings. The Bertz CT molecular complexity index is 579. The van der Waals surface area contributed by atoms with Gasteiger partial charge in [-0.25, -0.2) is 0 Å². The molecule has 2 N–H and O–H groups in total. The van der Waals surface area contributed by atoms with Crippen LogP contribution < -0.4 is 0 Å². The van der Waals surface area contributed by atoms with Gasteiger partial charge in [0.05, 0.1) is 5.75 Å². The summed E-state index contributed by atoms with van der Waals surface area (Å²) in [6.45, 7) is 1.46. The van der Waals surface area contributed by atoms with Crippen molar-refractivity contribution < 1.29 is 39.1 Å². The summed E-state index contributed by atoms with van der Waals surface area (Å²) in [4.78, 5) is 1.99. The SMILES string of the molecule is O=S(=O)(O)C(F)(F)F.O=S(=O)(O)CCCN1C=CC=CC1. The van der Waals surface area contributed by atoms with Gasteiger partial charge in [-0.15, -0.1) is 0 Å². The van der Waals surface area contributed by atoms with Crippen LogP contribution in [0.3, 0.4) is 0 Å². The van der Waals surface area contributed by atoms with Gasteiger partial charge in [0.25, 0.3) is 10.1 Å². The van der Waals surface area contributed by atoms with Gasteiger partial charge in [0.1, 0.15) is 0 Å². The molecule has 0 spiro atoms. The summed E-state index contributed by atoms with van der Waals surface area (Å²) in [7, 11) is -9.63. The third kappa shape index (κ3) is 10.3. The molecule has 0 unspecified atom stereocenters. The standard InChI is InChI=1S/C8H13NO3S.CHF3O3S/c10-13(11,12)8-4-7-9-5-2-1-3-6-9;2-1(3,4)8(5,6)7/h1-3,5H,4,6-8H2,(H,10,11,12);(H,5,6,7). The molecule has 1 aliphatic rings. The third-order valence-electron chi connectivity index (χ3n) is 2.02. The van der Waals surface area contributed by atoms with Crippen molar-refractivity contribution in [2.75, 3.05) is 18.8 Å². The normalized spacial score (nSPS) is 15.6. The number of hydrogen-bond acceptors (Lipinski definition) is 5. The summed E-state index contributed by atoms with van der Waals surface area (Å²) in [5, 5.41) is 0. The van der Waals surface area contributed by atoms with Gasteiger partial charge in [-0.05, 0) is 18.7 Å². The molecule has 0 aromatic heterocycles. The molecule has 21 heavy (non-hydrogen) atoms. The zero-order valence-corrected chi connectivity index (χ0v) is 12.2. The van der Waals surface area contributed by atoms with E-state index in [1.807, 2.05) is 29.3 Å². The average molecular weight is 353 g/mol. The highest BCUT2D eigenvalue weighted by Crippen LogP contribution is 2.20. The van der Waals surface area contributed by atoms with Gasteiger partial charge >= 0.3 is 15.6 Å². The quantitative estimate of drug-likeness (QED) is 0.574. The molecule has 0 fully saturated rings. The lowest BCUT2D eigenvalue weighted by molar-refractivity contribution is -0.0510. The van der Waals surface area contributed by atoms with Crippen molar-refractivity contribution in [3.8, 4) is 0 Å². The summed E-state index contributed by atoms with van der Waals surface area (Å²) >= 11 is 0. The number of halogens is 3. The van der Waals surface area contributed by atoms with Gasteiger partial charge in [-0.1, -0.05) is 12.2 Å². The summed E-state index contributed by atoms with van der Waals surface area (Å²) in [6, 6.07) is 0. The van der Waals surface area contributed by atoms with Gasteiger partial charge in [0.2, 0.25) is 0 Å². The van der Waals surface area contributed by atoms with Crippen LogP contribution in [0.1, 0.15) is 6.42 Å². The fraction of sp³-hybridized carbons (Fsp3) is 0.556. The van der Waals surface area contributed by atoms with Crippen molar-refractivity contribution in [2.45, 2.75) is 11.9 Å². The Kier molecular flexibility index (Phi) is 7.36. The number of hydrogen-bond donors (Lipinski definition) is 2. The summed E-state index contributed by atoms with van der Waals surface area (Å²) in [6.07, 6.45) is 8.20. The molecule has 0 aliphatic carbocycles. The van der Waals surface area contributed by atoms with Gasteiger partial charge in [0, 0.05) is 13.1 Å². The Morgan fingerprint density at radius 2 is 1.62 bits per heavy atom. The number of rotatable bonds is 4. The van der Waals surface area contributed by atoms with Crippen molar-refractivity contribution in [3.63, 3.8) is 0 Å². The van der Waals surface area contributed by atoms with Crippen LogP contribution in [0.2, 0.25) is 0 Å². The molecule has 7 nitrogen and oxygen atoms in total. The predicted octanol–water partition coefficient (Wildman–Crippen LogP) is 1.04. The van der Waals surface area contributed by atoms with Gasteiger partial charge in [-0.2, -0.15) is 30.0 Å². The molecule has 1 rings (SSSR count). The molecule has 0 saturated heterocycles. The maximum absolute atomic E-state index is 10.7. The Balaban J connectivity index is 0.000000433.